The van der Waals surface area contributed by atoms with Crippen LogP contribution in [0, 0.1) is 5.92 Å². The molecule has 130 valence electrons. The van der Waals surface area contributed by atoms with E-state index in [-0.39, 0.29) is 34.8 Å². The first-order valence-corrected chi connectivity index (χ1v) is 8.04. The average Bonchev–Trinajstić information content (AvgIpc) is 2.77. The highest BCUT2D eigenvalue weighted by atomic mass is 16.5. The zero-order valence-electron chi connectivity index (χ0n) is 14.4. The Morgan fingerprint density at radius 1 is 1.24 bits per heavy atom. The Hall–Kier alpha value is -2.82. The van der Waals surface area contributed by atoms with E-state index in [2.05, 4.69) is 0 Å². The lowest BCUT2D eigenvalue weighted by Crippen LogP contribution is -2.29. The van der Waals surface area contributed by atoms with Gasteiger partial charge in [-0.05, 0) is 18.1 Å². The molecule has 0 saturated heterocycles. The summed E-state index contributed by atoms with van der Waals surface area (Å²) in [6.07, 6.45) is 0.151. The third kappa shape index (κ3) is 2.65. The smallest absolute Gasteiger partial charge is 0.336 e. The van der Waals surface area contributed by atoms with Gasteiger partial charge in [-0.15, -0.1) is 0 Å². The molecule has 3 rings (SSSR count). The van der Waals surface area contributed by atoms with Gasteiger partial charge in [-0.25, -0.2) is 4.79 Å². The zero-order valence-corrected chi connectivity index (χ0v) is 14.4. The van der Waals surface area contributed by atoms with Gasteiger partial charge in [0.2, 0.25) is 0 Å². The number of phenols is 1. The molecule has 0 amide bonds. The monoisotopic (exact) mass is 340 g/mol. The first-order valence-electron chi connectivity index (χ1n) is 8.04. The van der Waals surface area contributed by atoms with E-state index in [1.54, 1.807) is 6.07 Å². The number of rotatable bonds is 4. The van der Waals surface area contributed by atoms with Gasteiger partial charge in [0.25, 0.3) is 0 Å². The number of Topliss-reactive ketones (excluding diaryl/α,β-unsaturated/α-hetero) is 1. The summed E-state index contributed by atoms with van der Waals surface area (Å²) < 4.78 is 5.03. The molecule has 0 radical (unpaired) electrons. The standard InChI is InChI=1S/C20H20O5/c1-20(2)15-7-5-4-6-12(15)18(22)16(20)10-13-14(19(23)24)8-11(25-3)9-17(13)21/h4-9,16,21H,10H2,1-3H3,(H,23,24). The van der Waals surface area contributed by atoms with Gasteiger partial charge in [-0.3, -0.25) is 4.79 Å². The van der Waals surface area contributed by atoms with E-state index in [1.807, 2.05) is 32.0 Å². The maximum atomic E-state index is 12.9. The second kappa shape index (κ2) is 5.92. The molecule has 1 atom stereocenters. The Kier molecular flexibility index (Phi) is 4.03. The predicted octanol–water partition coefficient (Wildman–Crippen LogP) is 3.43. The van der Waals surface area contributed by atoms with Crippen molar-refractivity contribution in [3.05, 3.63) is 58.7 Å². The van der Waals surface area contributed by atoms with Crippen molar-refractivity contribution >= 4 is 11.8 Å². The van der Waals surface area contributed by atoms with E-state index in [1.165, 1.54) is 19.2 Å². The van der Waals surface area contributed by atoms with Crippen molar-refractivity contribution < 1.29 is 24.5 Å². The van der Waals surface area contributed by atoms with Crippen LogP contribution in [-0.4, -0.2) is 29.1 Å². The fraction of sp³-hybridized carbons (Fsp3) is 0.300. The van der Waals surface area contributed by atoms with Crippen LogP contribution in [-0.2, 0) is 11.8 Å². The molecule has 2 aromatic carbocycles. The number of carbonyl (C=O) groups is 2. The molecule has 0 fully saturated rings. The van der Waals surface area contributed by atoms with E-state index >= 15 is 0 Å². The lowest BCUT2D eigenvalue weighted by Gasteiger charge is -2.27. The van der Waals surface area contributed by atoms with E-state index < -0.39 is 17.3 Å². The summed E-state index contributed by atoms with van der Waals surface area (Å²) in [5.74, 6) is -1.53. The lowest BCUT2D eigenvalue weighted by atomic mass is 9.75. The molecule has 0 aliphatic heterocycles. The molecule has 0 aromatic heterocycles. The Balaban J connectivity index is 2.07. The summed E-state index contributed by atoms with van der Waals surface area (Å²) in [6, 6.07) is 10.2. The van der Waals surface area contributed by atoms with Gasteiger partial charge in [0.05, 0.1) is 12.7 Å². The molecule has 0 heterocycles. The highest BCUT2D eigenvalue weighted by Gasteiger charge is 2.45. The van der Waals surface area contributed by atoms with Gasteiger partial charge in [0, 0.05) is 28.5 Å². The fourth-order valence-electron chi connectivity index (χ4n) is 3.67. The number of phenolic OH excluding ortho intramolecular Hbond substituents is 1. The highest BCUT2D eigenvalue weighted by molar-refractivity contribution is 6.04. The number of fused-ring (bicyclic) bond motifs is 1. The number of hydrogen-bond acceptors (Lipinski definition) is 4. The first-order chi connectivity index (χ1) is 11.8. The molecule has 0 saturated carbocycles. The van der Waals surface area contributed by atoms with Crippen LogP contribution in [0.1, 0.15) is 45.7 Å². The van der Waals surface area contributed by atoms with Crippen molar-refractivity contribution in [2.75, 3.05) is 7.11 Å². The van der Waals surface area contributed by atoms with Crippen LogP contribution < -0.4 is 4.74 Å². The molecule has 5 nitrogen and oxygen atoms in total. The fourth-order valence-corrected chi connectivity index (χ4v) is 3.67. The van der Waals surface area contributed by atoms with Crippen LogP contribution in [0.3, 0.4) is 0 Å². The molecule has 5 heteroatoms. The van der Waals surface area contributed by atoms with Gasteiger partial charge >= 0.3 is 5.97 Å². The second-order valence-electron chi connectivity index (χ2n) is 6.87. The number of ether oxygens (including phenoxy) is 1. The Labute approximate surface area is 145 Å². The van der Waals surface area contributed by atoms with Crippen molar-refractivity contribution in [2.24, 2.45) is 5.92 Å². The number of aromatic carboxylic acids is 1. The van der Waals surface area contributed by atoms with E-state index in [0.717, 1.165) is 5.56 Å². The Bertz CT molecular complexity index is 866. The van der Waals surface area contributed by atoms with Crippen molar-refractivity contribution in [1.29, 1.82) is 0 Å². The molecule has 2 N–H and O–H groups in total. The minimum atomic E-state index is -1.16. The summed E-state index contributed by atoms with van der Waals surface area (Å²) in [4.78, 5) is 24.5. The topological polar surface area (TPSA) is 83.8 Å². The Morgan fingerprint density at radius 3 is 2.52 bits per heavy atom. The van der Waals surface area contributed by atoms with E-state index in [4.69, 9.17) is 4.74 Å². The Morgan fingerprint density at radius 2 is 1.92 bits per heavy atom. The average molecular weight is 340 g/mol. The van der Waals surface area contributed by atoms with Gasteiger partial charge in [-0.2, -0.15) is 0 Å². The first kappa shape index (κ1) is 17.0. The van der Waals surface area contributed by atoms with E-state index in [0.29, 0.717) is 5.56 Å². The third-order valence-electron chi connectivity index (χ3n) is 5.15. The molecule has 2 aromatic rings. The number of aromatic hydroxyl groups is 1. The number of carboxylic acid groups (broad SMARTS) is 1. The van der Waals surface area contributed by atoms with Gasteiger partial charge in [0.1, 0.15) is 11.5 Å². The number of hydrogen-bond donors (Lipinski definition) is 2. The van der Waals surface area contributed by atoms with E-state index in [9.17, 15) is 19.8 Å². The van der Waals surface area contributed by atoms with Gasteiger partial charge < -0.3 is 14.9 Å². The quantitative estimate of drug-likeness (QED) is 0.891. The molecular weight excluding hydrogens is 320 g/mol. The van der Waals surface area contributed by atoms with Crippen LogP contribution in [0.5, 0.6) is 11.5 Å². The molecule has 1 unspecified atom stereocenters. The largest absolute Gasteiger partial charge is 0.508 e. The van der Waals surface area contributed by atoms with Gasteiger partial charge in [0.15, 0.2) is 5.78 Å². The molecule has 0 spiro atoms. The predicted molar refractivity (Wildman–Crippen MR) is 92.6 cm³/mol. The zero-order chi connectivity index (χ0) is 18.4. The number of ketones is 1. The highest BCUT2D eigenvalue weighted by Crippen LogP contribution is 2.45. The number of benzene rings is 2. The summed E-state index contributed by atoms with van der Waals surface area (Å²) in [7, 11) is 1.40. The van der Waals surface area contributed by atoms with Crippen LogP contribution in [0.2, 0.25) is 0 Å². The van der Waals surface area contributed by atoms with Crippen molar-refractivity contribution in [3.63, 3.8) is 0 Å². The minimum Gasteiger partial charge on any atom is -0.508 e. The molecular formula is C20H20O5. The molecule has 0 bridgehead atoms. The lowest BCUT2D eigenvalue weighted by molar-refractivity contribution is 0.0692. The van der Waals surface area contributed by atoms with Crippen LogP contribution >= 0.6 is 0 Å². The number of methoxy groups -OCH3 is 1. The summed E-state index contributed by atoms with van der Waals surface area (Å²) in [6.45, 7) is 3.95. The summed E-state index contributed by atoms with van der Waals surface area (Å²) in [5.41, 5.74) is 1.39. The summed E-state index contributed by atoms with van der Waals surface area (Å²) in [5, 5.41) is 19.8. The second-order valence-corrected chi connectivity index (χ2v) is 6.87. The van der Waals surface area contributed by atoms with Crippen LogP contribution in [0.15, 0.2) is 36.4 Å². The maximum absolute atomic E-state index is 12.9. The van der Waals surface area contributed by atoms with Crippen molar-refractivity contribution in [1.82, 2.24) is 0 Å². The minimum absolute atomic E-state index is 0.0212. The van der Waals surface area contributed by atoms with Gasteiger partial charge in [-0.1, -0.05) is 38.1 Å². The SMILES string of the molecule is COc1cc(O)c(CC2C(=O)c3ccccc3C2(C)C)c(C(=O)O)c1. The van der Waals surface area contributed by atoms with Crippen LogP contribution in [0.4, 0.5) is 0 Å². The van der Waals surface area contributed by atoms with Crippen LogP contribution in [0.25, 0.3) is 0 Å². The normalized spacial score (nSPS) is 18.0. The third-order valence-corrected chi connectivity index (χ3v) is 5.15. The molecule has 1 aliphatic carbocycles. The molecule has 25 heavy (non-hydrogen) atoms. The number of carboxylic acids is 1. The maximum Gasteiger partial charge on any atom is 0.336 e. The number of carbonyl (C=O) groups excluding carboxylic acids is 1. The summed E-state index contributed by atoms with van der Waals surface area (Å²) >= 11 is 0. The van der Waals surface area contributed by atoms with Crippen molar-refractivity contribution in [2.45, 2.75) is 25.7 Å². The molecule has 1 aliphatic rings. The van der Waals surface area contributed by atoms with Crippen molar-refractivity contribution in [3.8, 4) is 11.5 Å².